The molecule has 2 aliphatic carbocycles. The summed E-state index contributed by atoms with van der Waals surface area (Å²) >= 11 is 0. The van der Waals surface area contributed by atoms with Crippen molar-refractivity contribution in [2.24, 2.45) is 11.3 Å². The first-order chi connectivity index (χ1) is 9.50. The van der Waals surface area contributed by atoms with E-state index in [0.717, 1.165) is 12.5 Å². The van der Waals surface area contributed by atoms with E-state index in [9.17, 15) is 0 Å². The molecule has 0 aromatic carbocycles. The fraction of sp³-hybridized carbons (Fsp3) is 1.00. The van der Waals surface area contributed by atoms with Crippen LogP contribution in [0.5, 0.6) is 0 Å². The molecule has 2 nitrogen and oxygen atoms in total. The molecule has 0 spiro atoms. The molecule has 4 atom stereocenters. The van der Waals surface area contributed by atoms with E-state index in [2.05, 4.69) is 33.0 Å². The summed E-state index contributed by atoms with van der Waals surface area (Å²) < 4.78 is 6.59. The Balaban J connectivity index is 1.91. The highest BCUT2D eigenvalue weighted by molar-refractivity contribution is 4.90. The van der Waals surface area contributed by atoms with Gasteiger partial charge in [0.25, 0.3) is 0 Å². The Hall–Kier alpha value is -0.0800. The van der Waals surface area contributed by atoms with Crippen molar-refractivity contribution in [1.82, 2.24) is 5.32 Å². The van der Waals surface area contributed by atoms with Crippen molar-refractivity contribution >= 4 is 0 Å². The second kappa shape index (κ2) is 7.26. The highest BCUT2D eigenvalue weighted by Crippen LogP contribution is 2.38. The molecular formula is C18H35NO. The molecule has 2 fully saturated rings. The molecule has 20 heavy (non-hydrogen) atoms. The first kappa shape index (κ1) is 16.3. The molecule has 0 heterocycles. The quantitative estimate of drug-likeness (QED) is 0.799. The van der Waals surface area contributed by atoms with Crippen molar-refractivity contribution in [2.75, 3.05) is 6.54 Å². The highest BCUT2D eigenvalue weighted by atomic mass is 16.5. The Morgan fingerprint density at radius 1 is 1.20 bits per heavy atom. The minimum Gasteiger partial charge on any atom is -0.373 e. The summed E-state index contributed by atoms with van der Waals surface area (Å²) in [5, 5.41) is 3.73. The maximum atomic E-state index is 6.59. The van der Waals surface area contributed by atoms with Crippen LogP contribution < -0.4 is 5.32 Å². The molecule has 118 valence electrons. The molecule has 0 aliphatic heterocycles. The lowest BCUT2D eigenvalue weighted by atomic mass is 9.73. The van der Waals surface area contributed by atoms with E-state index in [0.29, 0.717) is 23.7 Å². The number of rotatable bonds is 5. The minimum atomic E-state index is 0.431. The van der Waals surface area contributed by atoms with Gasteiger partial charge < -0.3 is 10.1 Å². The number of nitrogens with one attached hydrogen (secondary N) is 1. The van der Waals surface area contributed by atoms with Gasteiger partial charge in [-0.3, -0.25) is 0 Å². The predicted molar refractivity (Wildman–Crippen MR) is 86.0 cm³/mol. The zero-order valence-corrected chi connectivity index (χ0v) is 14.1. The summed E-state index contributed by atoms with van der Waals surface area (Å²) in [6.07, 6.45) is 11.3. The van der Waals surface area contributed by atoms with E-state index in [1.165, 1.54) is 51.4 Å². The maximum Gasteiger partial charge on any atom is 0.0736 e. The molecule has 0 aromatic heterocycles. The SMILES string of the molecule is CCCNC1CCC(C)(C)CC1OC1CCCC(C)C1. The van der Waals surface area contributed by atoms with Gasteiger partial charge in [0.05, 0.1) is 12.2 Å². The van der Waals surface area contributed by atoms with E-state index >= 15 is 0 Å². The summed E-state index contributed by atoms with van der Waals surface area (Å²) in [5.41, 5.74) is 0.454. The van der Waals surface area contributed by atoms with Crippen LogP contribution in [0.3, 0.4) is 0 Å². The third-order valence-electron chi connectivity index (χ3n) is 5.25. The smallest absolute Gasteiger partial charge is 0.0736 e. The van der Waals surface area contributed by atoms with Crippen molar-refractivity contribution in [1.29, 1.82) is 0 Å². The Morgan fingerprint density at radius 3 is 2.70 bits per heavy atom. The third-order valence-corrected chi connectivity index (χ3v) is 5.25. The lowest BCUT2D eigenvalue weighted by Crippen LogP contribution is -2.49. The minimum absolute atomic E-state index is 0.431. The lowest BCUT2D eigenvalue weighted by Gasteiger charge is -2.43. The zero-order chi connectivity index (χ0) is 14.6. The van der Waals surface area contributed by atoms with E-state index in [1.54, 1.807) is 0 Å². The fourth-order valence-electron chi connectivity index (χ4n) is 3.98. The average molecular weight is 281 g/mol. The number of hydrogen-bond acceptors (Lipinski definition) is 2. The lowest BCUT2D eigenvalue weighted by molar-refractivity contribution is -0.0867. The van der Waals surface area contributed by atoms with Gasteiger partial charge in [0.1, 0.15) is 0 Å². The number of hydrogen-bond donors (Lipinski definition) is 1. The molecule has 2 aliphatic rings. The van der Waals surface area contributed by atoms with Crippen molar-refractivity contribution in [2.45, 2.75) is 97.3 Å². The largest absolute Gasteiger partial charge is 0.373 e. The molecule has 2 heteroatoms. The summed E-state index contributed by atoms with van der Waals surface area (Å²) in [4.78, 5) is 0. The molecule has 0 aromatic rings. The molecular weight excluding hydrogens is 246 g/mol. The van der Waals surface area contributed by atoms with Crippen LogP contribution >= 0.6 is 0 Å². The van der Waals surface area contributed by atoms with Crippen LogP contribution in [0.2, 0.25) is 0 Å². The van der Waals surface area contributed by atoms with E-state index in [1.807, 2.05) is 0 Å². The van der Waals surface area contributed by atoms with Crippen LogP contribution in [0.4, 0.5) is 0 Å². The van der Waals surface area contributed by atoms with Crippen LogP contribution in [0.15, 0.2) is 0 Å². The van der Waals surface area contributed by atoms with Gasteiger partial charge in [-0.05, 0) is 56.4 Å². The van der Waals surface area contributed by atoms with E-state index in [4.69, 9.17) is 4.74 Å². The topological polar surface area (TPSA) is 21.3 Å². The molecule has 0 saturated heterocycles. The Morgan fingerprint density at radius 2 is 2.00 bits per heavy atom. The van der Waals surface area contributed by atoms with Crippen molar-refractivity contribution in [3.63, 3.8) is 0 Å². The van der Waals surface area contributed by atoms with Crippen molar-refractivity contribution in [3.05, 3.63) is 0 Å². The van der Waals surface area contributed by atoms with Gasteiger partial charge in [-0.25, -0.2) is 0 Å². The van der Waals surface area contributed by atoms with Crippen LogP contribution in [0.25, 0.3) is 0 Å². The second-order valence-corrected chi connectivity index (χ2v) is 8.04. The van der Waals surface area contributed by atoms with Gasteiger partial charge in [-0.2, -0.15) is 0 Å². The summed E-state index contributed by atoms with van der Waals surface area (Å²) in [7, 11) is 0. The molecule has 2 saturated carbocycles. The first-order valence-electron chi connectivity index (χ1n) is 8.89. The Kier molecular flexibility index (Phi) is 5.92. The number of ether oxygens (including phenoxy) is 1. The van der Waals surface area contributed by atoms with Gasteiger partial charge in [0.2, 0.25) is 0 Å². The van der Waals surface area contributed by atoms with Gasteiger partial charge in [0.15, 0.2) is 0 Å². The fourth-order valence-corrected chi connectivity index (χ4v) is 3.98. The van der Waals surface area contributed by atoms with Crippen LogP contribution in [-0.2, 0) is 4.74 Å². The zero-order valence-electron chi connectivity index (χ0n) is 14.1. The predicted octanol–water partition coefficient (Wildman–Crippen LogP) is 4.53. The standard InChI is InChI=1S/C18H35NO/c1-5-11-19-16-9-10-18(3,4)13-17(16)20-15-8-6-7-14(2)12-15/h14-17,19H,5-13H2,1-4H3. The summed E-state index contributed by atoms with van der Waals surface area (Å²) in [6.45, 7) is 10.6. The van der Waals surface area contributed by atoms with Crippen molar-refractivity contribution in [3.8, 4) is 0 Å². The molecule has 0 bridgehead atoms. The normalized spacial score (nSPS) is 37.8. The Labute approximate surface area is 126 Å². The van der Waals surface area contributed by atoms with Crippen LogP contribution in [-0.4, -0.2) is 24.8 Å². The Bertz CT molecular complexity index is 289. The van der Waals surface area contributed by atoms with Gasteiger partial charge >= 0.3 is 0 Å². The molecule has 0 amide bonds. The van der Waals surface area contributed by atoms with Gasteiger partial charge in [-0.1, -0.05) is 40.5 Å². The molecule has 0 radical (unpaired) electrons. The van der Waals surface area contributed by atoms with Crippen molar-refractivity contribution < 1.29 is 4.74 Å². The summed E-state index contributed by atoms with van der Waals surface area (Å²) in [6, 6.07) is 0.584. The van der Waals surface area contributed by atoms with Gasteiger partial charge in [-0.15, -0.1) is 0 Å². The van der Waals surface area contributed by atoms with E-state index < -0.39 is 0 Å². The average Bonchev–Trinajstić information content (AvgIpc) is 2.37. The summed E-state index contributed by atoms with van der Waals surface area (Å²) in [5.74, 6) is 0.854. The first-order valence-corrected chi connectivity index (χ1v) is 8.89. The maximum absolute atomic E-state index is 6.59. The van der Waals surface area contributed by atoms with Gasteiger partial charge in [0, 0.05) is 6.04 Å². The molecule has 2 rings (SSSR count). The van der Waals surface area contributed by atoms with Crippen LogP contribution in [0.1, 0.15) is 79.1 Å². The third kappa shape index (κ3) is 4.73. The molecule has 4 unspecified atom stereocenters. The molecule has 1 N–H and O–H groups in total. The highest BCUT2D eigenvalue weighted by Gasteiger charge is 2.37. The van der Waals surface area contributed by atoms with Crippen LogP contribution in [0, 0.1) is 11.3 Å². The van der Waals surface area contributed by atoms with E-state index in [-0.39, 0.29) is 0 Å². The monoisotopic (exact) mass is 281 g/mol. The second-order valence-electron chi connectivity index (χ2n) is 8.04.